The predicted molar refractivity (Wildman–Crippen MR) is 54.5 cm³/mol. The van der Waals surface area contributed by atoms with Crippen LogP contribution in [0.3, 0.4) is 0 Å². The van der Waals surface area contributed by atoms with Crippen LogP contribution in [0.25, 0.3) is 0 Å². The Labute approximate surface area is 85.3 Å². The number of ketones is 1. The topological polar surface area (TPSA) is 54.5 Å². The lowest BCUT2D eigenvalue weighted by atomic mass is 10.1. The van der Waals surface area contributed by atoms with Gasteiger partial charge in [0.25, 0.3) is 0 Å². The van der Waals surface area contributed by atoms with E-state index in [-0.39, 0.29) is 12.3 Å². The minimum atomic E-state index is -3.32. The van der Waals surface area contributed by atoms with Crippen LogP contribution < -0.4 is 0 Å². The number of hydrogen-bond acceptors (Lipinski definition) is 3. The molecule has 0 aromatic rings. The summed E-state index contributed by atoms with van der Waals surface area (Å²) in [6.07, 6.45) is 1.16. The lowest BCUT2D eigenvalue weighted by Gasteiger charge is -2.31. The maximum atomic E-state index is 11.9. The summed E-state index contributed by atoms with van der Waals surface area (Å²) in [6, 6.07) is 0. The van der Waals surface area contributed by atoms with Gasteiger partial charge in [-0.1, -0.05) is 0 Å². The number of rotatable bonds is 1. The van der Waals surface area contributed by atoms with E-state index in [0.717, 1.165) is 0 Å². The SMILES string of the molecule is CC(C)(C)S(=O)(=O)N1CCCC(=O)C1. The van der Waals surface area contributed by atoms with E-state index in [0.29, 0.717) is 19.4 Å². The fourth-order valence-electron chi connectivity index (χ4n) is 1.40. The molecule has 0 atom stereocenters. The number of carbonyl (C=O) groups is 1. The van der Waals surface area contributed by atoms with Gasteiger partial charge in [-0.15, -0.1) is 0 Å². The van der Waals surface area contributed by atoms with E-state index in [1.807, 2.05) is 0 Å². The molecule has 1 saturated heterocycles. The zero-order chi connectivity index (χ0) is 11.0. The first-order valence-corrected chi connectivity index (χ1v) is 6.20. The molecule has 0 N–H and O–H groups in total. The van der Waals surface area contributed by atoms with E-state index < -0.39 is 14.8 Å². The average molecular weight is 219 g/mol. The maximum absolute atomic E-state index is 11.9. The van der Waals surface area contributed by atoms with Crippen molar-refractivity contribution in [1.29, 1.82) is 0 Å². The van der Waals surface area contributed by atoms with Gasteiger partial charge in [-0.3, -0.25) is 4.79 Å². The van der Waals surface area contributed by atoms with Crippen molar-refractivity contribution in [1.82, 2.24) is 4.31 Å². The number of hydrogen-bond donors (Lipinski definition) is 0. The number of nitrogens with zero attached hydrogens (tertiary/aromatic N) is 1. The fraction of sp³-hybridized carbons (Fsp3) is 0.889. The molecule has 5 heteroatoms. The van der Waals surface area contributed by atoms with Gasteiger partial charge in [-0.2, -0.15) is 4.31 Å². The second kappa shape index (κ2) is 3.62. The normalized spacial score (nSPS) is 21.2. The lowest BCUT2D eigenvalue weighted by Crippen LogP contribution is -2.47. The smallest absolute Gasteiger partial charge is 0.219 e. The zero-order valence-electron chi connectivity index (χ0n) is 8.91. The van der Waals surface area contributed by atoms with Gasteiger partial charge in [0, 0.05) is 13.0 Å². The molecule has 0 bridgehead atoms. The van der Waals surface area contributed by atoms with E-state index in [9.17, 15) is 13.2 Å². The van der Waals surface area contributed by atoms with Crippen molar-refractivity contribution in [3.63, 3.8) is 0 Å². The van der Waals surface area contributed by atoms with Gasteiger partial charge in [0.05, 0.1) is 11.3 Å². The molecule has 0 aliphatic carbocycles. The average Bonchev–Trinajstić information content (AvgIpc) is 2.02. The minimum absolute atomic E-state index is 0.0177. The Morgan fingerprint density at radius 1 is 1.29 bits per heavy atom. The molecule has 0 saturated carbocycles. The van der Waals surface area contributed by atoms with Crippen LogP contribution in [-0.2, 0) is 14.8 Å². The van der Waals surface area contributed by atoms with Gasteiger partial charge in [-0.25, -0.2) is 8.42 Å². The molecule has 0 aromatic heterocycles. The van der Waals surface area contributed by atoms with E-state index >= 15 is 0 Å². The van der Waals surface area contributed by atoms with Crippen LogP contribution in [0.5, 0.6) is 0 Å². The Balaban J connectivity index is 2.88. The number of sulfonamides is 1. The van der Waals surface area contributed by atoms with Crippen molar-refractivity contribution in [3.05, 3.63) is 0 Å². The molecule has 1 aliphatic rings. The minimum Gasteiger partial charge on any atom is -0.298 e. The van der Waals surface area contributed by atoms with Gasteiger partial charge in [0.15, 0.2) is 0 Å². The van der Waals surface area contributed by atoms with Crippen LogP contribution in [0.15, 0.2) is 0 Å². The predicted octanol–water partition coefficient (Wildman–Crippen LogP) is 0.780. The zero-order valence-corrected chi connectivity index (χ0v) is 9.73. The molecule has 14 heavy (non-hydrogen) atoms. The van der Waals surface area contributed by atoms with Crippen LogP contribution >= 0.6 is 0 Å². The highest BCUT2D eigenvalue weighted by atomic mass is 32.2. The van der Waals surface area contributed by atoms with Crippen molar-refractivity contribution in [3.8, 4) is 0 Å². The van der Waals surface area contributed by atoms with Gasteiger partial charge >= 0.3 is 0 Å². The van der Waals surface area contributed by atoms with Crippen LogP contribution in [0.1, 0.15) is 33.6 Å². The number of Topliss-reactive ketones (excluding diaryl/α,β-unsaturated/α-hetero) is 1. The van der Waals surface area contributed by atoms with Gasteiger partial charge in [0.2, 0.25) is 10.0 Å². The van der Waals surface area contributed by atoms with Crippen molar-refractivity contribution in [2.45, 2.75) is 38.4 Å². The van der Waals surface area contributed by atoms with Gasteiger partial charge in [-0.05, 0) is 27.2 Å². The van der Waals surface area contributed by atoms with Crippen molar-refractivity contribution in [2.24, 2.45) is 0 Å². The Morgan fingerprint density at radius 2 is 1.86 bits per heavy atom. The van der Waals surface area contributed by atoms with Crippen molar-refractivity contribution >= 4 is 15.8 Å². The molecule has 1 heterocycles. The molecule has 1 aliphatic heterocycles. The Morgan fingerprint density at radius 3 is 2.29 bits per heavy atom. The third-order valence-electron chi connectivity index (χ3n) is 2.33. The molecular weight excluding hydrogens is 202 g/mol. The summed E-state index contributed by atoms with van der Waals surface area (Å²) in [4.78, 5) is 11.1. The van der Waals surface area contributed by atoms with Crippen LogP contribution in [0, 0.1) is 0 Å². The highest BCUT2D eigenvalue weighted by molar-refractivity contribution is 7.90. The van der Waals surface area contributed by atoms with E-state index in [1.165, 1.54) is 4.31 Å². The summed E-state index contributed by atoms with van der Waals surface area (Å²) < 4.78 is 24.3. The number of carbonyl (C=O) groups excluding carboxylic acids is 1. The maximum Gasteiger partial charge on any atom is 0.219 e. The fourth-order valence-corrected chi connectivity index (χ4v) is 2.86. The first-order valence-electron chi connectivity index (χ1n) is 4.76. The van der Waals surface area contributed by atoms with E-state index in [4.69, 9.17) is 0 Å². The third kappa shape index (κ3) is 2.15. The van der Waals surface area contributed by atoms with Crippen LogP contribution in [0.2, 0.25) is 0 Å². The van der Waals surface area contributed by atoms with Crippen LogP contribution in [0.4, 0.5) is 0 Å². The molecule has 0 amide bonds. The summed E-state index contributed by atoms with van der Waals surface area (Å²) >= 11 is 0. The molecule has 82 valence electrons. The van der Waals surface area contributed by atoms with Gasteiger partial charge in [0.1, 0.15) is 5.78 Å². The monoisotopic (exact) mass is 219 g/mol. The lowest BCUT2D eigenvalue weighted by molar-refractivity contribution is -0.120. The highest BCUT2D eigenvalue weighted by Crippen LogP contribution is 2.22. The first kappa shape index (κ1) is 11.7. The van der Waals surface area contributed by atoms with Crippen LogP contribution in [-0.4, -0.2) is 36.3 Å². The summed E-state index contributed by atoms with van der Waals surface area (Å²) in [5.41, 5.74) is 0. The molecule has 1 fully saturated rings. The molecule has 0 aromatic carbocycles. The molecule has 0 radical (unpaired) electrons. The summed E-state index contributed by atoms with van der Waals surface area (Å²) in [5.74, 6) is 0.0177. The summed E-state index contributed by atoms with van der Waals surface area (Å²) in [5, 5.41) is 0. The van der Waals surface area contributed by atoms with Crippen molar-refractivity contribution in [2.75, 3.05) is 13.1 Å². The number of piperidine rings is 1. The molecular formula is C9H17NO3S. The van der Waals surface area contributed by atoms with Crippen molar-refractivity contribution < 1.29 is 13.2 Å². The van der Waals surface area contributed by atoms with Gasteiger partial charge < -0.3 is 0 Å². The standard InChI is InChI=1S/C9H17NO3S/c1-9(2,3)14(12,13)10-6-4-5-8(11)7-10/h4-7H2,1-3H3. The second-order valence-corrected chi connectivity index (χ2v) is 7.28. The summed E-state index contributed by atoms with van der Waals surface area (Å²) in [6.45, 7) is 5.50. The Bertz CT molecular complexity index is 326. The molecule has 4 nitrogen and oxygen atoms in total. The molecule has 1 rings (SSSR count). The Hall–Kier alpha value is -0.420. The largest absolute Gasteiger partial charge is 0.298 e. The van der Waals surface area contributed by atoms with E-state index in [1.54, 1.807) is 20.8 Å². The first-order chi connectivity index (χ1) is 6.25. The Kier molecular flexibility index (Phi) is 3.02. The van der Waals surface area contributed by atoms with E-state index in [2.05, 4.69) is 0 Å². The molecule has 0 spiro atoms. The second-order valence-electron chi connectivity index (χ2n) is 4.59. The third-order valence-corrected chi connectivity index (χ3v) is 4.87. The highest BCUT2D eigenvalue weighted by Gasteiger charge is 2.37. The quantitative estimate of drug-likeness (QED) is 0.655. The summed E-state index contributed by atoms with van der Waals surface area (Å²) in [7, 11) is -3.32. The molecule has 0 unspecified atom stereocenters.